The summed E-state index contributed by atoms with van der Waals surface area (Å²) < 4.78 is 26.8. The van der Waals surface area contributed by atoms with Crippen LogP contribution in [0.5, 0.6) is 0 Å². The third-order valence-corrected chi connectivity index (χ3v) is 6.85. The Balaban J connectivity index is 2.03. The Morgan fingerprint density at radius 1 is 1.14 bits per heavy atom. The van der Waals surface area contributed by atoms with Crippen LogP contribution in [0.15, 0.2) is 57.2 Å². The molecule has 0 amide bonds. The minimum atomic E-state index is -3.42. The molecule has 108 valence electrons. The van der Waals surface area contributed by atoms with Gasteiger partial charge in [-0.2, -0.15) is 0 Å². The molecule has 0 aliphatic carbocycles. The molecule has 2 aromatic carbocycles. The van der Waals surface area contributed by atoms with Crippen LogP contribution in [0.4, 0.5) is 5.69 Å². The molecule has 3 rings (SSSR count). The summed E-state index contributed by atoms with van der Waals surface area (Å²) in [4.78, 5) is 0.270. The summed E-state index contributed by atoms with van der Waals surface area (Å²) in [6.45, 7) is 0. The summed E-state index contributed by atoms with van der Waals surface area (Å²) in [6.07, 6.45) is 0. The Kier molecular flexibility index (Phi) is 3.77. The molecule has 0 atom stereocenters. The van der Waals surface area contributed by atoms with E-state index >= 15 is 0 Å². The highest BCUT2D eigenvalue weighted by Crippen LogP contribution is 2.31. The van der Waals surface area contributed by atoms with Crippen LogP contribution in [0.3, 0.4) is 0 Å². The van der Waals surface area contributed by atoms with Crippen LogP contribution in [-0.2, 0) is 15.6 Å². The van der Waals surface area contributed by atoms with E-state index < -0.39 is 9.84 Å². The van der Waals surface area contributed by atoms with E-state index in [0.29, 0.717) is 10.2 Å². The van der Waals surface area contributed by atoms with Crippen molar-refractivity contribution in [3.8, 4) is 0 Å². The van der Waals surface area contributed by atoms with Crippen LogP contribution in [0.1, 0.15) is 5.56 Å². The summed E-state index contributed by atoms with van der Waals surface area (Å²) in [5.74, 6) is -0.0144. The Morgan fingerprint density at radius 2 is 1.90 bits per heavy atom. The normalized spacial score (nSPS) is 11.9. The molecule has 21 heavy (non-hydrogen) atoms. The van der Waals surface area contributed by atoms with Crippen molar-refractivity contribution in [2.24, 2.45) is 0 Å². The minimum Gasteiger partial charge on any atom is -0.399 e. The van der Waals surface area contributed by atoms with E-state index in [2.05, 4.69) is 15.9 Å². The van der Waals surface area contributed by atoms with Crippen molar-refractivity contribution in [2.45, 2.75) is 10.6 Å². The van der Waals surface area contributed by atoms with Gasteiger partial charge in [0.25, 0.3) is 0 Å². The molecule has 2 N–H and O–H groups in total. The number of anilines is 1. The first-order chi connectivity index (χ1) is 9.97. The van der Waals surface area contributed by atoms with Gasteiger partial charge in [0.15, 0.2) is 9.84 Å². The summed E-state index contributed by atoms with van der Waals surface area (Å²) in [7, 11) is -3.42. The van der Waals surface area contributed by atoms with Gasteiger partial charge in [0.2, 0.25) is 0 Å². The highest BCUT2D eigenvalue weighted by Gasteiger charge is 2.20. The Morgan fingerprint density at radius 3 is 2.67 bits per heavy atom. The zero-order valence-corrected chi connectivity index (χ0v) is 14.1. The SMILES string of the molecule is Nc1ccc(S(=O)(=O)Cc2csc3ccccc23)c(Br)c1. The zero-order valence-electron chi connectivity index (χ0n) is 10.9. The summed E-state index contributed by atoms with van der Waals surface area (Å²) in [6, 6.07) is 12.6. The molecule has 3 nitrogen and oxygen atoms in total. The third kappa shape index (κ3) is 2.84. The fourth-order valence-corrected chi connectivity index (χ4v) is 5.84. The number of benzene rings is 2. The van der Waals surface area contributed by atoms with E-state index in [4.69, 9.17) is 5.73 Å². The molecule has 0 aliphatic heterocycles. The number of hydrogen-bond donors (Lipinski definition) is 1. The van der Waals surface area contributed by atoms with Gasteiger partial charge in [0, 0.05) is 14.9 Å². The van der Waals surface area contributed by atoms with Crippen molar-refractivity contribution in [1.82, 2.24) is 0 Å². The zero-order chi connectivity index (χ0) is 15.0. The van der Waals surface area contributed by atoms with Gasteiger partial charge in [0.1, 0.15) is 0 Å². The standard InChI is InChI=1S/C15H12BrNO2S2/c16-13-7-11(17)5-6-15(13)21(18,19)9-10-8-20-14-4-2-1-3-12(10)14/h1-8H,9,17H2. The molecular formula is C15H12BrNO2S2. The number of sulfone groups is 1. The van der Waals surface area contributed by atoms with Crippen molar-refractivity contribution < 1.29 is 8.42 Å². The number of nitrogens with two attached hydrogens (primary N) is 1. The van der Waals surface area contributed by atoms with Crippen molar-refractivity contribution >= 4 is 52.9 Å². The summed E-state index contributed by atoms with van der Waals surface area (Å²) >= 11 is 4.84. The van der Waals surface area contributed by atoms with Crippen LogP contribution in [0, 0.1) is 0 Å². The van der Waals surface area contributed by atoms with Gasteiger partial charge >= 0.3 is 0 Å². The van der Waals surface area contributed by atoms with E-state index in [1.165, 1.54) is 0 Å². The van der Waals surface area contributed by atoms with Gasteiger partial charge in [-0.25, -0.2) is 8.42 Å². The third-order valence-electron chi connectivity index (χ3n) is 3.20. The lowest BCUT2D eigenvalue weighted by atomic mass is 10.2. The number of hydrogen-bond acceptors (Lipinski definition) is 4. The Hall–Kier alpha value is -1.37. The summed E-state index contributed by atoms with van der Waals surface area (Å²) in [5, 5.41) is 2.91. The van der Waals surface area contributed by atoms with Gasteiger partial charge in [0.05, 0.1) is 10.6 Å². The highest BCUT2D eigenvalue weighted by molar-refractivity contribution is 9.10. The maximum Gasteiger partial charge on any atom is 0.183 e. The molecule has 0 spiro atoms. The molecule has 0 saturated heterocycles. The smallest absolute Gasteiger partial charge is 0.183 e. The Labute approximate surface area is 135 Å². The van der Waals surface area contributed by atoms with Gasteiger partial charge in [-0.3, -0.25) is 0 Å². The maximum atomic E-state index is 12.6. The summed E-state index contributed by atoms with van der Waals surface area (Å²) in [5.41, 5.74) is 7.02. The van der Waals surface area contributed by atoms with E-state index in [9.17, 15) is 8.42 Å². The molecule has 3 aromatic rings. The molecule has 0 saturated carbocycles. The number of nitrogen functional groups attached to an aromatic ring is 1. The van der Waals surface area contributed by atoms with E-state index in [0.717, 1.165) is 15.6 Å². The average Bonchev–Trinajstić information content (AvgIpc) is 2.81. The second kappa shape index (κ2) is 5.44. The van der Waals surface area contributed by atoms with Gasteiger partial charge in [-0.1, -0.05) is 18.2 Å². The molecule has 1 heterocycles. The maximum absolute atomic E-state index is 12.6. The van der Waals surface area contributed by atoms with Gasteiger partial charge in [-0.05, 0) is 56.5 Å². The number of fused-ring (bicyclic) bond motifs is 1. The van der Waals surface area contributed by atoms with Gasteiger partial charge in [-0.15, -0.1) is 11.3 Å². The average molecular weight is 382 g/mol. The lowest BCUT2D eigenvalue weighted by Gasteiger charge is -2.07. The number of thiophene rings is 1. The molecule has 0 radical (unpaired) electrons. The van der Waals surface area contributed by atoms with Crippen molar-refractivity contribution in [3.63, 3.8) is 0 Å². The molecule has 0 bridgehead atoms. The Bertz CT molecular complexity index is 916. The molecular weight excluding hydrogens is 370 g/mol. The number of rotatable bonds is 3. The fraction of sp³-hybridized carbons (Fsp3) is 0.0667. The van der Waals surface area contributed by atoms with Crippen molar-refractivity contribution in [3.05, 3.63) is 57.9 Å². The first kappa shape index (κ1) is 14.6. The van der Waals surface area contributed by atoms with Crippen LogP contribution in [0.2, 0.25) is 0 Å². The quantitative estimate of drug-likeness (QED) is 0.690. The molecule has 6 heteroatoms. The van der Waals surface area contributed by atoms with Crippen molar-refractivity contribution in [1.29, 1.82) is 0 Å². The van der Waals surface area contributed by atoms with Crippen LogP contribution in [-0.4, -0.2) is 8.42 Å². The monoisotopic (exact) mass is 381 g/mol. The largest absolute Gasteiger partial charge is 0.399 e. The van der Waals surface area contributed by atoms with Gasteiger partial charge < -0.3 is 5.73 Å². The predicted molar refractivity (Wildman–Crippen MR) is 91.3 cm³/mol. The second-order valence-electron chi connectivity index (χ2n) is 4.71. The van der Waals surface area contributed by atoms with E-state index in [-0.39, 0.29) is 10.6 Å². The first-order valence-corrected chi connectivity index (χ1v) is 9.53. The van der Waals surface area contributed by atoms with Crippen LogP contribution < -0.4 is 5.73 Å². The number of halogens is 1. The fourth-order valence-electron chi connectivity index (χ4n) is 2.20. The highest BCUT2D eigenvalue weighted by atomic mass is 79.9. The predicted octanol–water partition coefficient (Wildman–Crippen LogP) is 4.22. The molecule has 0 unspecified atom stereocenters. The van der Waals surface area contributed by atoms with Crippen LogP contribution in [0.25, 0.3) is 10.1 Å². The lowest BCUT2D eigenvalue weighted by molar-refractivity contribution is 0.595. The lowest BCUT2D eigenvalue weighted by Crippen LogP contribution is -2.05. The first-order valence-electron chi connectivity index (χ1n) is 6.20. The molecule has 0 fully saturated rings. The van der Waals surface area contributed by atoms with E-state index in [1.807, 2.05) is 29.6 Å². The van der Waals surface area contributed by atoms with Crippen LogP contribution >= 0.6 is 27.3 Å². The van der Waals surface area contributed by atoms with Crippen molar-refractivity contribution in [2.75, 3.05) is 5.73 Å². The topological polar surface area (TPSA) is 60.2 Å². The molecule has 1 aromatic heterocycles. The second-order valence-corrected chi connectivity index (χ2v) is 8.43. The minimum absolute atomic E-state index is 0.0144. The van der Waals surface area contributed by atoms with E-state index in [1.54, 1.807) is 29.5 Å². The molecule has 0 aliphatic rings.